The van der Waals surface area contributed by atoms with Gasteiger partial charge in [-0.15, -0.1) is 0 Å². The Bertz CT molecular complexity index is 2150. The van der Waals surface area contributed by atoms with Crippen LogP contribution in [0.4, 0.5) is 0 Å². The molecule has 1 nitrogen and oxygen atoms in total. The second kappa shape index (κ2) is 10.1. The SMILES string of the molecule is c1ccc(-c2ccc(-c3c4ccccc4c(-c4ccc(-c5cccc6cccnc56)cc4)c4ccccc34)cc2)cc1. The number of benzene rings is 7. The molecule has 0 aliphatic carbocycles. The van der Waals surface area contributed by atoms with Crippen molar-refractivity contribution in [1.82, 2.24) is 4.98 Å². The van der Waals surface area contributed by atoms with Crippen LogP contribution in [0.15, 0.2) is 164 Å². The minimum Gasteiger partial charge on any atom is -0.256 e. The molecule has 0 radical (unpaired) electrons. The zero-order chi connectivity index (χ0) is 27.9. The van der Waals surface area contributed by atoms with Crippen molar-refractivity contribution in [3.8, 4) is 44.5 Å². The van der Waals surface area contributed by atoms with Gasteiger partial charge in [-0.2, -0.15) is 0 Å². The lowest BCUT2D eigenvalue weighted by Gasteiger charge is -2.18. The lowest BCUT2D eigenvalue weighted by molar-refractivity contribution is 1.41. The van der Waals surface area contributed by atoms with Gasteiger partial charge in [-0.25, -0.2) is 0 Å². The largest absolute Gasteiger partial charge is 0.256 e. The van der Waals surface area contributed by atoms with E-state index in [0.717, 1.165) is 16.5 Å². The Labute approximate surface area is 245 Å². The molecule has 0 spiro atoms. The third-order valence-corrected chi connectivity index (χ3v) is 8.33. The van der Waals surface area contributed by atoms with Crippen LogP contribution in [0, 0.1) is 0 Å². The summed E-state index contributed by atoms with van der Waals surface area (Å²) in [4.78, 5) is 4.68. The van der Waals surface area contributed by atoms with Gasteiger partial charge in [0.15, 0.2) is 0 Å². The summed E-state index contributed by atoms with van der Waals surface area (Å²) < 4.78 is 0. The normalized spacial score (nSPS) is 11.3. The van der Waals surface area contributed by atoms with E-state index in [2.05, 4.69) is 157 Å². The van der Waals surface area contributed by atoms with Gasteiger partial charge in [-0.3, -0.25) is 4.98 Å². The Kier molecular flexibility index (Phi) is 5.86. The molecule has 1 heterocycles. The third kappa shape index (κ3) is 4.06. The van der Waals surface area contributed by atoms with Crippen LogP contribution in [-0.2, 0) is 0 Å². The molecule has 8 rings (SSSR count). The summed E-state index contributed by atoms with van der Waals surface area (Å²) in [5, 5.41) is 6.21. The van der Waals surface area contributed by atoms with Crippen molar-refractivity contribution in [2.45, 2.75) is 0 Å². The van der Waals surface area contributed by atoms with E-state index in [-0.39, 0.29) is 0 Å². The predicted octanol–water partition coefficient (Wildman–Crippen LogP) is 11.2. The van der Waals surface area contributed by atoms with Crippen molar-refractivity contribution in [2.24, 2.45) is 0 Å². The standard InChI is InChI=1S/C41H27N/c1-2-10-28(11-3-1)29-19-23-31(24-20-29)39-35-14-4-6-16-37(35)40(38-17-7-5-15-36(38)39)32-25-21-30(22-26-32)34-18-8-12-33-13-9-27-42-41(33)34/h1-27H. The van der Waals surface area contributed by atoms with Gasteiger partial charge in [0.25, 0.3) is 0 Å². The van der Waals surface area contributed by atoms with Crippen molar-refractivity contribution >= 4 is 32.4 Å². The topological polar surface area (TPSA) is 12.9 Å². The van der Waals surface area contributed by atoms with Crippen LogP contribution in [-0.4, -0.2) is 4.98 Å². The zero-order valence-corrected chi connectivity index (χ0v) is 23.0. The zero-order valence-electron chi connectivity index (χ0n) is 23.0. The van der Waals surface area contributed by atoms with E-state index >= 15 is 0 Å². The Balaban J connectivity index is 1.30. The number of fused-ring (bicyclic) bond motifs is 3. The van der Waals surface area contributed by atoms with Crippen LogP contribution in [0.2, 0.25) is 0 Å². The van der Waals surface area contributed by atoms with E-state index in [1.807, 2.05) is 12.3 Å². The predicted molar refractivity (Wildman–Crippen MR) is 178 cm³/mol. The number of nitrogens with zero attached hydrogens (tertiary/aromatic N) is 1. The van der Waals surface area contributed by atoms with Gasteiger partial charge in [0.05, 0.1) is 5.52 Å². The number of rotatable bonds is 4. The van der Waals surface area contributed by atoms with E-state index in [9.17, 15) is 0 Å². The van der Waals surface area contributed by atoms with Gasteiger partial charge in [0.2, 0.25) is 0 Å². The second-order valence-electron chi connectivity index (χ2n) is 10.7. The number of para-hydroxylation sites is 1. The third-order valence-electron chi connectivity index (χ3n) is 8.33. The average molecular weight is 534 g/mol. The lowest BCUT2D eigenvalue weighted by atomic mass is 9.85. The summed E-state index contributed by atoms with van der Waals surface area (Å²) >= 11 is 0. The molecule has 1 aromatic heterocycles. The Morgan fingerprint density at radius 3 is 1.33 bits per heavy atom. The van der Waals surface area contributed by atoms with E-state index in [0.29, 0.717) is 0 Å². The highest BCUT2D eigenvalue weighted by Gasteiger charge is 2.17. The molecule has 0 aliphatic heterocycles. The second-order valence-corrected chi connectivity index (χ2v) is 10.7. The number of hydrogen-bond acceptors (Lipinski definition) is 1. The molecule has 42 heavy (non-hydrogen) atoms. The smallest absolute Gasteiger partial charge is 0.0780 e. The first kappa shape index (κ1) is 24.3. The molecule has 0 bridgehead atoms. The van der Waals surface area contributed by atoms with Crippen molar-refractivity contribution in [3.63, 3.8) is 0 Å². The van der Waals surface area contributed by atoms with E-state index in [1.165, 1.54) is 60.5 Å². The molecular weight excluding hydrogens is 506 g/mol. The van der Waals surface area contributed by atoms with E-state index < -0.39 is 0 Å². The van der Waals surface area contributed by atoms with Crippen LogP contribution < -0.4 is 0 Å². The highest BCUT2D eigenvalue weighted by atomic mass is 14.6. The average Bonchev–Trinajstić information content (AvgIpc) is 3.07. The summed E-state index contributed by atoms with van der Waals surface area (Å²) in [6, 6.07) is 56.8. The molecule has 0 fully saturated rings. The fourth-order valence-electron chi connectivity index (χ4n) is 6.36. The Hall–Kier alpha value is -5.53. The van der Waals surface area contributed by atoms with Crippen LogP contribution >= 0.6 is 0 Å². The molecule has 1 heteroatoms. The van der Waals surface area contributed by atoms with E-state index in [4.69, 9.17) is 0 Å². The highest BCUT2D eigenvalue weighted by molar-refractivity contribution is 6.21. The molecule has 0 amide bonds. The number of pyridine rings is 1. The fraction of sp³-hybridized carbons (Fsp3) is 0. The first-order valence-electron chi connectivity index (χ1n) is 14.4. The Morgan fingerprint density at radius 2 is 0.762 bits per heavy atom. The van der Waals surface area contributed by atoms with Crippen LogP contribution in [0.3, 0.4) is 0 Å². The maximum atomic E-state index is 4.68. The quantitative estimate of drug-likeness (QED) is 0.205. The molecule has 0 saturated heterocycles. The molecule has 0 unspecified atom stereocenters. The van der Waals surface area contributed by atoms with Gasteiger partial charge in [-0.1, -0.05) is 152 Å². The molecular formula is C41H27N. The summed E-state index contributed by atoms with van der Waals surface area (Å²) in [5.41, 5.74) is 10.8. The first-order valence-corrected chi connectivity index (χ1v) is 14.4. The monoisotopic (exact) mass is 533 g/mol. The maximum absolute atomic E-state index is 4.68. The first-order chi connectivity index (χ1) is 20.8. The van der Waals surface area contributed by atoms with Gasteiger partial charge in [0.1, 0.15) is 0 Å². The highest BCUT2D eigenvalue weighted by Crippen LogP contribution is 2.44. The van der Waals surface area contributed by atoms with Gasteiger partial charge in [0, 0.05) is 17.1 Å². The molecule has 8 aromatic rings. The van der Waals surface area contributed by atoms with Crippen molar-refractivity contribution in [1.29, 1.82) is 0 Å². The molecule has 7 aromatic carbocycles. The summed E-state index contributed by atoms with van der Waals surface area (Å²) in [7, 11) is 0. The molecule has 196 valence electrons. The molecule has 0 atom stereocenters. The van der Waals surface area contributed by atoms with Crippen LogP contribution in [0.1, 0.15) is 0 Å². The summed E-state index contributed by atoms with van der Waals surface area (Å²) in [6.07, 6.45) is 1.87. The number of aromatic nitrogens is 1. The molecule has 0 aliphatic rings. The van der Waals surface area contributed by atoms with E-state index in [1.54, 1.807) is 0 Å². The van der Waals surface area contributed by atoms with Gasteiger partial charge in [-0.05, 0) is 66.6 Å². The summed E-state index contributed by atoms with van der Waals surface area (Å²) in [5.74, 6) is 0. The van der Waals surface area contributed by atoms with Crippen molar-refractivity contribution in [3.05, 3.63) is 164 Å². The molecule has 0 N–H and O–H groups in total. The van der Waals surface area contributed by atoms with Crippen LogP contribution in [0.5, 0.6) is 0 Å². The maximum Gasteiger partial charge on any atom is 0.0780 e. The van der Waals surface area contributed by atoms with Crippen molar-refractivity contribution < 1.29 is 0 Å². The Morgan fingerprint density at radius 1 is 0.310 bits per heavy atom. The van der Waals surface area contributed by atoms with Crippen molar-refractivity contribution in [2.75, 3.05) is 0 Å². The molecule has 0 saturated carbocycles. The minimum absolute atomic E-state index is 1.03. The lowest BCUT2D eigenvalue weighted by Crippen LogP contribution is -1.91. The summed E-state index contributed by atoms with van der Waals surface area (Å²) in [6.45, 7) is 0. The van der Waals surface area contributed by atoms with Crippen LogP contribution in [0.25, 0.3) is 77.0 Å². The number of hydrogen-bond donors (Lipinski definition) is 0. The van der Waals surface area contributed by atoms with Gasteiger partial charge >= 0.3 is 0 Å². The fourth-order valence-corrected chi connectivity index (χ4v) is 6.36. The van der Waals surface area contributed by atoms with Gasteiger partial charge < -0.3 is 0 Å². The minimum atomic E-state index is 1.03.